The van der Waals surface area contributed by atoms with Crippen LogP contribution in [0.1, 0.15) is 27.2 Å². The molecule has 0 aliphatic heterocycles. The molecule has 1 unspecified atom stereocenters. The van der Waals surface area contributed by atoms with Gasteiger partial charge in [0.05, 0.1) is 6.10 Å². The number of aliphatic hydroxyl groups excluding tert-OH is 1. The smallest absolute Gasteiger partial charge is 0.320 e. The fraction of sp³-hybridized carbons (Fsp3) is 0.889. The maximum absolute atomic E-state index is 10.8. The highest BCUT2D eigenvalue weighted by molar-refractivity contribution is 7.86. The van der Waals surface area contributed by atoms with Crippen molar-refractivity contribution in [3.05, 3.63) is 0 Å². The van der Waals surface area contributed by atoms with Gasteiger partial charge in [-0.3, -0.25) is 4.79 Å². The number of hydrogen-bond donors (Lipinski definition) is 1. The molecule has 1 N–H and O–H groups in total. The fourth-order valence-corrected chi connectivity index (χ4v) is 1.51. The molecular formula is C9H17O6S-. The van der Waals surface area contributed by atoms with Gasteiger partial charge in [0.15, 0.2) is 0 Å². The van der Waals surface area contributed by atoms with E-state index in [0.29, 0.717) is 6.42 Å². The van der Waals surface area contributed by atoms with Gasteiger partial charge < -0.3 is 14.4 Å². The van der Waals surface area contributed by atoms with Gasteiger partial charge in [-0.05, 0) is 11.8 Å². The van der Waals surface area contributed by atoms with Crippen LogP contribution >= 0.6 is 0 Å². The van der Waals surface area contributed by atoms with Gasteiger partial charge in [-0.25, -0.2) is 8.42 Å². The summed E-state index contributed by atoms with van der Waals surface area (Å²) in [5.74, 6) is -2.34. The van der Waals surface area contributed by atoms with E-state index in [1.807, 2.05) is 20.8 Å². The van der Waals surface area contributed by atoms with Crippen molar-refractivity contribution in [3.63, 3.8) is 0 Å². The topological polar surface area (TPSA) is 104 Å². The summed E-state index contributed by atoms with van der Waals surface area (Å²) in [4.78, 5) is 10.8. The fourth-order valence-electron chi connectivity index (χ4n) is 1.14. The Morgan fingerprint density at radius 1 is 1.44 bits per heavy atom. The van der Waals surface area contributed by atoms with Crippen LogP contribution in [-0.2, 0) is 19.6 Å². The molecule has 0 aliphatic rings. The first-order valence-electron chi connectivity index (χ1n) is 4.77. The highest BCUT2D eigenvalue weighted by atomic mass is 32.2. The van der Waals surface area contributed by atoms with Crippen LogP contribution in [0.4, 0.5) is 0 Å². The van der Waals surface area contributed by atoms with Crippen molar-refractivity contribution in [2.24, 2.45) is 5.41 Å². The van der Waals surface area contributed by atoms with Crippen molar-refractivity contribution in [3.8, 4) is 0 Å². The van der Waals surface area contributed by atoms with E-state index < -0.39 is 27.9 Å². The van der Waals surface area contributed by atoms with Crippen molar-refractivity contribution in [2.45, 2.75) is 33.3 Å². The molecule has 1 atom stereocenters. The van der Waals surface area contributed by atoms with Crippen LogP contribution in [0.3, 0.4) is 0 Å². The number of aliphatic hydroxyl groups is 1. The predicted octanol–water partition coefficient (Wildman–Crippen LogP) is -0.128. The van der Waals surface area contributed by atoms with Crippen molar-refractivity contribution in [1.29, 1.82) is 0 Å². The number of esters is 1. The molecule has 7 heteroatoms. The molecule has 0 saturated carbocycles. The zero-order valence-corrected chi connectivity index (χ0v) is 10.4. The minimum absolute atomic E-state index is 0.129. The largest absolute Gasteiger partial charge is 0.748 e. The molecule has 0 aromatic rings. The molecule has 0 fully saturated rings. The Morgan fingerprint density at radius 2 is 1.94 bits per heavy atom. The Hall–Kier alpha value is -0.660. The second kappa shape index (κ2) is 5.60. The number of rotatable bonds is 5. The van der Waals surface area contributed by atoms with Crippen LogP contribution in [-0.4, -0.2) is 42.5 Å². The van der Waals surface area contributed by atoms with E-state index in [1.54, 1.807) is 0 Å². The molecular weight excluding hydrogens is 236 g/mol. The summed E-state index contributed by atoms with van der Waals surface area (Å²) in [6.07, 6.45) is -0.456. The van der Waals surface area contributed by atoms with Crippen LogP contribution in [0.25, 0.3) is 0 Å². The number of carbonyl (C=O) groups excluding carboxylic acids is 1. The molecule has 0 rings (SSSR count). The first kappa shape index (κ1) is 15.3. The summed E-state index contributed by atoms with van der Waals surface area (Å²) in [5.41, 5.74) is -0.129. The minimum atomic E-state index is -4.61. The minimum Gasteiger partial charge on any atom is -0.748 e. The standard InChI is InChI=1S/C9H18O6S/c1-9(2,3)4-7(10)5-15-8(11)6-16(12,13)14/h7,10H,4-6H2,1-3H3,(H,12,13,14)/p-1. The van der Waals surface area contributed by atoms with E-state index in [0.717, 1.165) is 0 Å². The maximum atomic E-state index is 10.8. The van der Waals surface area contributed by atoms with Crippen LogP contribution in [0.5, 0.6) is 0 Å². The normalized spacial score (nSPS) is 14.6. The second-order valence-electron chi connectivity index (χ2n) is 4.80. The average Bonchev–Trinajstić information content (AvgIpc) is 1.94. The molecule has 0 amide bonds. The van der Waals surface area contributed by atoms with E-state index in [1.165, 1.54) is 0 Å². The lowest BCUT2D eigenvalue weighted by molar-refractivity contribution is -0.144. The number of carbonyl (C=O) groups is 1. The van der Waals surface area contributed by atoms with E-state index in [2.05, 4.69) is 4.74 Å². The third kappa shape index (κ3) is 9.88. The lowest BCUT2D eigenvalue weighted by Gasteiger charge is -2.22. The summed E-state index contributed by atoms with van der Waals surface area (Å²) in [6, 6.07) is 0. The highest BCUT2D eigenvalue weighted by Crippen LogP contribution is 2.20. The third-order valence-electron chi connectivity index (χ3n) is 1.58. The van der Waals surface area contributed by atoms with Crippen LogP contribution in [0, 0.1) is 5.41 Å². The van der Waals surface area contributed by atoms with Gasteiger partial charge in [-0.15, -0.1) is 0 Å². The van der Waals surface area contributed by atoms with Crippen LogP contribution < -0.4 is 0 Å². The van der Waals surface area contributed by atoms with E-state index >= 15 is 0 Å². The molecule has 0 heterocycles. The number of ether oxygens (including phenoxy) is 1. The van der Waals surface area contributed by atoms with Gasteiger partial charge in [0.1, 0.15) is 22.5 Å². The molecule has 0 aliphatic carbocycles. The first-order valence-corrected chi connectivity index (χ1v) is 6.34. The third-order valence-corrected chi connectivity index (χ3v) is 2.17. The summed E-state index contributed by atoms with van der Waals surface area (Å²) >= 11 is 0. The average molecular weight is 253 g/mol. The zero-order valence-electron chi connectivity index (χ0n) is 9.60. The Balaban J connectivity index is 3.94. The van der Waals surface area contributed by atoms with Crippen molar-refractivity contribution >= 4 is 16.1 Å². The first-order chi connectivity index (χ1) is 6.99. The monoisotopic (exact) mass is 253 g/mol. The molecule has 96 valence electrons. The summed E-state index contributed by atoms with van der Waals surface area (Å²) in [7, 11) is -4.61. The Labute approximate surface area is 95.4 Å². The second-order valence-corrected chi connectivity index (χ2v) is 6.21. The van der Waals surface area contributed by atoms with E-state index in [9.17, 15) is 22.9 Å². The summed E-state index contributed by atoms with van der Waals surface area (Å²) in [5, 5.41) is 9.43. The van der Waals surface area contributed by atoms with Gasteiger partial charge in [-0.1, -0.05) is 20.8 Å². The van der Waals surface area contributed by atoms with Gasteiger partial charge in [-0.2, -0.15) is 0 Å². The van der Waals surface area contributed by atoms with Crippen molar-refractivity contribution in [2.75, 3.05) is 12.4 Å². The number of hydrogen-bond acceptors (Lipinski definition) is 6. The van der Waals surface area contributed by atoms with Gasteiger partial charge in [0.25, 0.3) is 0 Å². The van der Waals surface area contributed by atoms with Crippen molar-refractivity contribution < 1.29 is 27.6 Å². The van der Waals surface area contributed by atoms with E-state index in [-0.39, 0.29) is 12.0 Å². The molecule has 0 spiro atoms. The molecule has 0 radical (unpaired) electrons. The molecule has 0 bridgehead atoms. The molecule has 0 saturated heterocycles. The zero-order chi connectivity index (χ0) is 13.0. The van der Waals surface area contributed by atoms with Gasteiger partial charge >= 0.3 is 5.97 Å². The van der Waals surface area contributed by atoms with Crippen molar-refractivity contribution in [1.82, 2.24) is 0 Å². The SMILES string of the molecule is CC(C)(C)CC(O)COC(=O)CS(=O)(=O)[O-]. The highest BCUT2D eigenvalue weighted by Gasteiger charge is 2.18. The molecule has 6 nitrogen and oxygen atoms in total. The van der Waals surface area contributed by atoms with Crippen LogP contribution in [0.15, 0.2) is 0 Å². The Bertz CT molecular complexity index is 326. The maximum Gasteiger partial charge on any atom is 0.320 e. The predicted molar refractivity (Wildman–Crippen MR) is 55.6 cm³/mol. The quantitative estimate of drug-likeness (QED) is 0.540. The summed E-state index contributed by atoms with van der Waals surface area (Å²) < 4.78 is 35.0. The molecule has 0 aromatic heterocycles. The Morgan fingerprint density at radius 3 is 2.31 bits per heavy atom. The van der Waals surface area contributed by atoms with Crippen LogP contribution in [0.2, 0.25) is 0 Å². The lowest BCUT2D eigenvalue weighted by atomic mass is 9.89. The summed E-state index contributed by atoms with van der Waals surface area (Å²) in [6.45, 7) is 5.41. The van der Waals surface area contributed by atoms with Gasteiger partial charge in [0, 0.05) is 0 Å². The molecule has 0 aromatic carbocycles. The Kier molecular flexibility index (Phi) is 5.37. The molecule has 16 heavy (non-hydrogen) atoms. The van der Waals surface area contributed by atoms with E-state index in [4.69, 9.17) is 0 Å². The van der Waals surface area contributed by atoms with Gasteiger partial charge in [0.2, 0.25) is 0 Å². The lowest BCUT2D eigenvalue weighted by Crippen LogP contribution is -2.26.